The van der Waals surface area contributed by atoms with Crippen LogP contribution in [0.15, 0.2) is 52.7 Å². The van der Waals surface area contributed by atoms with Crippen LogP contribution < -0.4 is 0 Å². The van der Waals surface area contributed by atoms with Gasteiger partial charge in [0.25, 0.3) is 5.91 Å². The highest BCUT2D eigenvalue weighted by molar-refractivity contribution is 6.41. The summed E-state index contributed by atoms with van der Waals surface area (Å²) in [4.78, 5) is 14.6. The van der Waals surface area contributed by atoms with Gasteiger partial charge in [0.2, 0.25) is 5.88 Å². The maximum Gasteiger partial charge on any atom is 0.269 e. The van der Waals surface area contributed by atoms with E-state index in [9.17, 15) is 9.90 Å². The zero-order valence-electron chi connectivity index (χ0n) is 11.8. The monoisotopic (exact) mass is 347 g/mol. The Morgan fingerprint density at radius 1 is 1.09 bits per heavy atom. The van der Waals surface area contributed by atoms with Crippen molar-refractivity contribution in [2.45, 2.75) is 6.42 Å². The topological polar surface area (TPSA) is 77.8 Å². The summed E-state index contributed by atoms with van der Waals surface area (Å²) in [7, 11) is 0. The van der Waals surface area contributed by atoms with Crippen molar-refractivity contribution in [2.75, 3.05) is 0 Å². The van der Waals surface area contributed by atoms with Crippen molar-refractivity contribution in [1.29, 1.82) is 0 Å². The zero-order chi connectivity index (χ0) is 16.4. The van der Waals surface area contributed by atoms with Crippen LogP contribution in [0, 0.1) is 0 Å². The van der Waals surface area contributed by atoms with Crippen LogP contribution in [0.1, 0.15) is 5.56 Å². The summed E-state index contributed by atoms with van der Waals surface area (Å²) in [5.74, 6) is -0.672. The van der Waals surface area contributed by atoms with Gasteiger partial charge in [0, 0.05) is 0 Å². The van der Waals surface area contributed by atoms with Gasteiger partial charge in [-0.25, -0.2) is 0 Å². The van der Waals surface area contributed by atoms with E-state index in [1.165, 1.54) is 0 Å². The van der Waals surface area contributed by atoms with Crippen molar-refractivity contribution in [2.24, 2.45) is 10.2 Å². The van der Waals surface area contributed by atoms with E-state index in [1.807, 2.05) is 30.3 Å². The van der Waals surface area contributed by atoms with Gasteiger partial charge >= 0.3 is 0 Å². The van der Waals surface area contributed by atoms with Crippen LogP contribution in [-0.4, -0.2) is 16.0 Å². The van der Waals surface area contributed by atoms with Crippen LogP contribution in [0.2, 0.25) is 10.0 Å². The average Bonchev–Trinajstić information content (AvgIpc) is 2.88. The first kappa shape index (κ1) is 15.5. The molecule has 23 heavy (non-hydrogen) atoms. The number of hydrogen-bond acceptors (Lipinski definition) is 3. The molecule has 3 aromatic rings. The number of carbonyl (C=O) groups excluding carboxylic acids is 1. The molecule has 0 unspecified atom stereocenters. The molecule has 2 aromatic carbocycles. The van der Waals surface area contributed by atoms with Crippen LogP contribution in [0.4, 0.5) is 5.69 Å². The largest absolute Gasteiger partial charge is 0.493 e. The Balaban J connectivity index is 1.91. The lowest BCUT2D eigenvalue weighted by atomic mass is 10.1. The fourth-order valence-corrected chi connectivity index (χ4v) is 2.66. The Kier molecular flexibility index (Phi) is 4.32. The Bertz CT molecular complexity index is 905. The lowest BCUT2D eigenvalue weighted by Crippen LogP contribution is -1.97. The Hall–Kier alpha value is -2.37. The minimum Gasteiger partial charge on any atom is -0.493 e. The molecule has 0 saturated carbocycles. The zero-order valence-corrected chi connectivity index (χ0v) is 13.3. The van der Waals surface area contributed by atoms with Crippen molar-refractivity contribution in [3.8, 4) is 5.88 Å². The Morgan fingerprint density at radius 3 is 2.52 bits per heavy atom. The molecule has 0 fully saturated rings. The van der Waals surface area contributed by atoms with E-state index in [0.29, 0.717) is 20.9 Å². The molecule has 0 bridgehead atoms. The van der Waals surface area contributed by atoms with Crippen molar-refractivity contribution in [3.63, 3.8) is 0 Å². The normalized spacial score (nSPS) is 11.4. The lowest BCUT2D eigenvalue weighted by molar-refractivity contribution is -0.117. The first-order chi connectivity index (χ1) is 11.1. The van der Waals surface area contributed by atoms with E-state index < -0.39 is 5.91 Å². The van der Waals surface area contributed by atoms with Gasteiger partial charge in [0.05, 0.1) is 27.4 Å². The third kappa shape index (κ3) is 3.21. The summed E-state index contributed by atoms with van der Waals surface area (Å²) in [6.07, 6.45) is 0.127. The van der Waals surface area contributed by atoms with Gasteiger partial charge in [0.15, 0.2) is 5.69 Å². The quantitative estimate of drug-likeness (QED) is 0.651. The number of nitrogens with zero attached hydrogens (tertiary/aromatic N) is 2. The molecule has 116 valence electrons. The number of amides is 1. The number of H-pyrrole nitrogens is 1. The number of benzene rings is 2. The summed E-state index contributed by atoms with van der Waals surface area (Å²) in [6.45, 7) is 0. The van der Waals surface area contributed by atoms with Crippen molar-refractivity contribution < 1.29 is 9.90 Å². The number of halogens is 2. The highest BCUT2D eigenvalue weighted by Crippen LogP contribution is 2.42. The molecule has 3 rings (SSSR count). The van der Waals surface area contributed by atoms with Gasteiger partial charge in [-0.2, -0.15) is 0 Å². The minimum absolute atomic E-state index is 0.0916. The number of rotatable bonds is 3. The number of hydrogen-bond donors (Lipinski definition) is 2. The van der Waals surface area contributed by atoms with Crippen molar-refractivity contribution in [1.82, 2.24) is 4.98 Å². The Morgan fingerprint density at radius 2 is 1.78 bits per heavy atom. The standard InChI is InChI=1S/C16H11Cl2N3O2/c17-10-6-7-11(18)14-13(10)15(16(23)19-14)21-20-12(22)8-9-4-2-1-3-5-9/h1-7,19,23H,8H2. The van der Waals surface area contributed by atoms with Crippen molar-refractivity contribution >= 4 is 45.7 Å². The van der Waals surface area contributed by atoms with Gasteiger partial charge in [-0.3, -0.25) is 4.79 Å². The summed E-state index contributed by atoms with van der Waals surface area (Å²) in [6, 6.07) is 12.4. The molecular weight excluding hydrogens is 337 g/mol. The van der Waals surface area contributed by atoms with E-state index in [-0.39, 0.29) is 18.0 Å². The number of aromatic amines is 1. The summed E-state index contributed by atoms with van der Waals surface area (Å²) in [5.41, 5.74) is 1.37. The highest BCUT2D eigenvalue weighted by atomic mass is 35.5. The van der Waals surface area contributed by atoms with Gasteiger partial charge < -0.3 is 10.1 Å². The second kappa shape index (κ2) is 6.40. The molecule has 1 aromatic heterocycles. The fraction of sp³-hybridized carbons (Fsp3) is 0.0625. The molecular formula is C16H11Cl2N3O2. The summed E-state index contributed by atoms with van der Waals surface area (Å²) >= 11 is 12.2. The van der Waals surface area contributed by atoms with E-state index in [2.05, 4.69) is 15.2 Å². The van der Waals surface area contributed by atoms with Crippen LogP contribution in [0.5, 0.6) is 5.88 Å². The number of aromatic nitrogens is 1. The highest BCUT2D eigenvalue weighted by Gasteiger charge is 2.16. The molecule has 1 heterocycles. The number of azo groups is 1. The molecule has 0 atom stereocenters. The molecule has 0 aliphatic carbocycles. The SMILES string of the molecule is O=C(Cc1ccccc1)N=Nc1c(O)[nH]c2c(Cl)ccc(Cl)c12. The van der Waals surface area contributed by atoms with E-state index >= 15 is 0 Å². The molecule has 7 heteroatoms. The molecule has 0 spiro atoms. The molecule has 0 aliphatic heterocycles. The maximum atomic E-state index is 11.9. The number of nitrogens with one attached hydrogen (secondary N) is 1. The van der Waals surface area contributed by atoms with Crippen LogP contribution >= 0.6 is 23.2 Å². The lowest BCUT2D eigenvalue weighted by Gasteiger charge is -1.97. The van der Waals surface area contributed by atoms with E-state index in [4.69, 9.17) is 23.2 Å². The van der Waals surface area contributed by atoms with Crippen LogP contribution in [0.3, 0.4) is 0 Å². The molecule has 0 saturated heterocycles. The fourth-order valence-electron chi connectivity index (χ4n) is 2.21. The molecule has 1 amide bonds. The van der Waals surface area contributed by atoms with Crippen LogP contribution in [0.25, 0.3) is 10.9 Å². The van der Waals surface area contributed by atoms with Gasteiger partial charge in [-0.1, -0.05) is 53.5 Å². The second-order valence-electron chi connectivity index (χ2n) is 4.86. The first-order valence-electron chi connectivity index (χ1n) is 6.73. The molecule has 0 aliphatic rings. The molecule has 0 radical (unpaired) electrons. The summed E-state index contributed by atoms with van der Waals surface area (Å²) < 4.78 is 0. The van der Waals surface area contributed by atoms with Gasteiger partial charge in [-0.05, 0) is 17.7 Å². The maximum absolute atomic E-state index is 11.9. The predicted octanol–water partition coefficient (Wildman–Crippen LogP) is 5.03. The van der Waals surface area contributed by atoms with Crippen LogP contribution in [-0.2, 0) is 11.2 Å². The van der Waals surface area contributed by atoms with Gasteiger partial charge in [-0.15, -0.1) is 10.2 Å². The number of fused-ring (bicyclic) bond motifs is 1. The smallest absolute Gasteiger partial charge is 0.269 e. The van der Waals surface area contributed by atoms with E-state index in [1.54, 1.807) is 12.1 Å². The summed E-state index contributed by atoms with van der Waals surface area (Å²) in [5, 5.41) is 18.6. The molecule has 5 nitrogen and oxygen atoms in total. The third-order valence-electron chi connectivity index (χ3n) is 3.27. The molecule has 2 N–H and O–H groups in total. The number of aromatic hydroxyl groups is 1. The third-order valence-corrected chi connectivity index (χ3v) is 3.90. The first-order valence-corrected chi connectivity index (χ1v) is 7.49. The number of carbonyl (C=O) groups is 1. The predicted molar refractivity (Wildman–Crippen MR) is 89.7 cm³/mol. The second-order valence-corrected chi connectivity index (χ2v) is 5.67. The van der Waals surface area contributed by atoms with Gasteiger partial charge in [0.1, 0.15) is 0 Å². The van der Waals surface area contributed by atoms with Crippen molar-refractivity contribution in [3.05, 3.63) is 58.1 Å². The average molecular weight is 348 g/mol. The van der Waals surface area contributed by atoms with E-state index in [0.717, 1.165) is 5.56 Å². The Labute approximate surface area is 141 Å². The minimum atomic E-state index is -0.428.